The van der Waals surface area contributed by atoms with E-state index in [1.807, 2.05) is 4.90 Å². The number of hydrogen-bond acceptors (Lipinski definition) is 6. The van der Waals surface area contributed by atoms with Crippen LogP contribution < -0.4 is 14.8 Å². The molecule has 1 atom stereocenters. The van der Waals surface area contributed by atoms with E-state index in [4.69, 9.17) is 4.74 Å². The lowest BCUT2D eigenvalue weighted by Crippen LogP contribution is -2.57. The first-order chi connectivity index (χ1) is 14.9. The number of hydrogen-bond donors (Lipinski definition) is 2. The fraction of sp³-hybridized carbons (Fsp3) is 0.500. The number of amides is 2. The van der Waals surface area contributed by atoms with Crippen LogP contribution in [0.1, 0.15) is 22.3 Å². The summed E-state index contributed by atoms with van der Waals surface area (Å²) in [6.45, 7) is 1.36. The van der Waals surface area contributed by atoms with E-state index in [0.717, 1.165) is 42.5 Å². The number of aryl methyl sites for hydroxylation is 2. The summed E-state index contributed by atoms with van der Waals surface area (Å²) in [6.07, 6.45) is 4.11. The number of fused-ring (bicyclic) bond motifs is 3. The van der Waals surface area contributed by atoms with Crippen molar-refractivity contribution in [2.75, 3.05) is 25.0 Å². The number of alkyl halides is 1. The standard InChI is InChI=1S/C20H22FN5O4S/c21-13-7-25(8-13)14-9-26-19(30-10-14)17(6-22-26)31(28,29)24-20(27)23-18-15-3-1-11(15)5-12-2-4-16(12)18/h5-6,13-14H,1-4,7-10H2,(H2,23,24,27). The molecule has 1 fully saturated rings. The number of carbonyl (C=O) groups is 1. The van der Waals surface area contributed by atoms with Crippen molar-refractivity contribution in [1.29, 1.82) is 0 Å². The second-order valence-electron chi connectivity index (χ2n) is 8.60. The topological polar surface area (TPSA) is 106 Å². The molecule has 0 saturated carbocycles. The van der Waals surface area contributed by atoms with Crippen LogP contribution in [0.3, 0.4) is 0 Å². The number of rotatable bonds is 4. The van der Waals surface area contributed by atoms with Crippen molar-refractivity contribution in [2.24, 2.45) is 0 Å². The summed E-state index contributed by atoms with van der Waals surface area (Å²) in [5.41, 5.74) is 5.42. The normalized spacial score (nSPS) is 22.0. The molecule has 6 rings (SSSR count). The van der Waals surface area contributed by atoms with Gasteiger partial charge in [-0.3, -0.25) is 4.90 Å². The Labute approximate surface area is 178 Å². The smallest absolute Gasteiger partial charge is 0.333 e. The van der Waals surface area contributed by atoms with Crippen molar-refractivity contribution in [2.45, 2.75) is 49.3 Å². The van der Waals surface area contributed by atoms with Gasteiger partial charge in [0, 0.05) is 18.8 Å². The van der Waals surface area contributed by atoms with Crippen molar-refractivity contribution in [1.82, 2.24) is 19.4 Å². The van der Waals surface area contributed by atoms with Crippen molar-refractivity contribution < 1.29 is 22.3 Å². The van der Waals surface area contributed by atoms with Crippen molar-refractivity contribution in [3.63, 3.8) is 0 Å². The van der Waals surface area contributed by atoms with Gasteiger partial charge in [0.25, 0.3) is 10.0 Å². The number of nitrogens with zero attached hydrogens (tertiary/aromatic N) is 3. The van der Waals surface area contributed by atoms with Crippen molar-refractivity contribution >= 4 is 21.7 Å². The molecule has 2 aliphatic heterocycles. The molecule has 2 aromatic rings. The molecule has 1 aromatic carbocycles. The van der Waals surface area contributed by atoms with Gasteiger partial charge in [0.15, 0.2) is 4.90 Å². The summed E-state index contributed by atoms with van der Waals surface area (Å²) >= 11 is 0. The summed E-state index contributed by atoms with van der Waals surface area (Å²) in [5, 5.41) is 6.88. The minimum absolute atomic E-state index is 0.0550. The van der Waals surface area contributed by atoms with Gasteiger partial charge in [0.05, 0.1) is 18.8 Å². The Hall–Kier alpha value is -2.66. The average Bonchev–Trinajstić information content (AvgIpc) is 3.06. The lowest BCUT2D eigenvalue weighted by molar-refractivity contribution is -0.0114. The van der Waals surface area contributed by atoms with Crippen molar-refractivity contribution in [3.8, 4) is 5.88 Å². The molecular weight excluding hydrogens is 425 g/mol. The average molecular weight is 447 g/mol. The van der Waals surface area contributed by atoms with Gasteiger partial charge in [-0.2, -0.15) is 5.10 Å². The zero-order valence-electron chi connectivity index (χ0n) is 16.7. The third-order valence-corrected chi connectivity index (χ3v) is 8.02. The maximum absolute atomic E-state index is 13.1. The predicted molar refractivity (Wildman–Crippen MR) is 109 cm³/mol. The minimum Gasteiger partial charge on any atom is -0.475 e. The van der Waals surface area contributed by atoms with E-state index in [1.165, 1.54) is 22.0 Å². The molecular formula is C20H22FN5O4S. The van der Waals surface area contributed by atoms with Crippen LogP contribution in [0.2, 0.25) is 0 Å². The Kier molecular flexibility index (Phi) is 4.10. The molecule has 1 aromatic heterocycles. The molecule has 2 N–H and O–H groups in total. The van der Waals surface area contributed by atoms with Crippen LogP contribution in [-0.2, 0) is 42.3 Å². The molecule has 164 valence electrons. The minimum atomic E-state index is -4.17. The maximum Gasteiger partial charge on any atom is 0.333 e. The highest BCUT2D eigenvalue weighted by atomic mass is 32.2. The number of anilines is 1. The van der Waals surface area contributed by atoms with E-state index in [9.17, 15) is 17.6 Å². The molecule has 1 saturated heterocycles. The van der Waals surface area contributed by atoms with Gasteiger partial charge in [-0.05, 0) is 47.9 Å². The number of urea groups is 1. The Morgan fingerprint density at radius 3 is 2.45 bits per heavy atom. The second-order valence-corrected chi connectivity index (χ2v) is 10.2. The zero-order chi connectivity index (χ0) is 21.3. The van der Waals surface area contributed by atoms with Gasteiger partial charge in [0.2, 0.25) is 5.88 Å². The summed E-state index contributed by atoms with van der Waals surface area (Å²) < 4.78 is 48.0. The Morgan fingerprint density at radius 1 is 1.13 bits per heavy atom. The van der Waals surface area contributed by atoms with Crippen LogP contribution in [0, 0.1) is 0 Å². The number of halogens is 1. The zero-order valence-corrected chi connectivity index (χ0v) is 17.5. The molecule has 2 aliphatic carbocycles. The molecule has 0 spiro atoms. The van der Waals surface area contributed by atoms with Crippen LogP contribution in [0.15, 0.2) is 17.2 Å². The fourth-order valence-electron chi connectivity index (χ4n) is 4.76. The van der Waals surface area contributed by atoms with E-state index in [0.29, 0.717) is 19.6 Å². The first kappa shape index (κ1) is 19.1. The van der Waals surface area contributed by atoms with Crippen molar-refractivity contribution in [3.05, 3.63) is 34.5 Å². The highest BCUT2D eigenvalue weighted by Crippen LogP contribution is 2.40. The number of likely N-dealkylation sites (tertiary alicyclic amines) is 1. The summed E-state index contributed by atoms with van der Waals surface area (Å²) in [7, 11) is -4.17. The van der Waals surface area contributed by atoms with E-state index in [1.54, 1.807) is 0 Å². The summed E-state index contributed by atoms with van der Waals surface area (Å²) in [4.78, 5) is 14.3. The molecule has 11 heteroatoms. The van der Waals surface area contributed by atoms with E-state index in [2.05, 4.69) is 21.2 Å². The maximum atomic E-state index is 13.1. The molecule has 4 aliphatic rings. The van der Waals surface area contributed by atoms with Crippen LogP contribution >= 0.6 is 0 Å². The van der Waals surface area contributed by atoms with Gasteiger partial charge in [-0.15, -0.1) is 0 Å². The molecule has 31 heavy (non-hydrogen) atoms. The third kappa shape index (κ3) is 3.01. The molecule has 9 nitrogen and oxygen atoms in total. The lowest BCUT2D eigenvalue weighted by atomic mass is 9.76. The van der Waals surface area contributed by atoms with Gasteiger partial charge in [-0.1, -0.05) is 6.07 Å². The predicted octanol–water partition coefficient (Wildman–Crippen LogP) is 1.01. The van der Waals surface area contributed by atoms with Crippen LogP contribution in [0.25, 0.3) is 0 Å². The second kappa shape index (κ2) is 6.67. The third-order valence-electron chi connectivity index (χ3n) is 6.71. The fourth-order valence-corrected chi connectivity index (χ4v) is 5.74. The van der Waals surface area contributed by atoms with E-state index in [-0.39, 0.29) is 23.4 Å². The number of aromatic nitrogens is 2. The molecule has 2 amide bonds. The number of carbonyl (C=O) groups excluding carboxylic acids is 1. The molecule has 3 heterocycles. The number of benzene rings is 1. The largest absolute Gasteiger partial charge is 0.475 e. The van der Waals surface area contributed by atoms with Crippen LogP contribution in [0.5, 0.6) is 5.88 Å². The Bertz CT molecular complexity index is 1170. The van der Waals surface area contributed by atoms with Crippen LogP contribution in [0.4, 0.5) is 14.9 Å². The van der Waals surface area contributed by atoms with Gasteiger partial charge in [-0.25, -0.2) is 27.0 Å². The van der Waals surface area contributed by atoms with Gasteiger partial charge >= 0.3 is 6.03 Å². The summed E-state index contributed by atoms with van der Waals surface area (Å²) in [5.74, 6) is 0.0989. The van der Waals surface area contributed by atoms with Crippen LogP contribution in [-0.4, -0.2) is 61.0 Å². The summed E-state index contributed by atoms with van der Waals surface area (Å²) in [6, 6.07) is 1.34. The number of nitrogens with one attached hydrogen (secondary N) is 2. The quantitative estimate of drug-likeness (QED) is 0.725. The van der Waals surface area contributed by atoms with E-state index < -0.39 is 22.2 Å². The number of sulfonamides is 1. The first-order valence-electron chi connectivity index (χ1n) is 10.5. The van der Waals surface area contributed by atoms with E-state index >= 15 is 0 Å². The highest BCUT2D eigenvalue weighted by Gasteiger charge is 2.38. The number of ether oxygens (including phenoxy) is 1. The van der Waals surface area contributed by atoms with Gasteiger partial charge < -0.3 is 10.1 Å². The SMILES string of the molecule is O=C(Nc1c2c(cc3c1CC3)CC2)NS(=O)(=O)c1cnn2c1OCC(N1CC(F)C1)C2. The Morgan fingerprint density at radius 2 is 1.84 bits per heavy atom. The van der Waals surface area contributed by atoms with Gasteiger partial charge in [0.1, 0.15) is 12.8 Å². The molecule has 1 unspecified atom stereocenters. The Balaban J connectivity index is 1.18. The first-order valence-corrected chi connectivity index (χ1v) is 11.9. The highest BCUT2D eigenvalue weighted by molar-refractivity contribution is 7.90. The lowest BCUT2D eigenvalue weighted by Gasteiger charge is -2.41. The molecule has 0 radical (unpaired) electrons. The monoisotopic (exact) mass is 447 g/mol. The molecule has 0 bridgehead atoms.